The van der Waals surface area contributed by atoms with E-state index in [9.17, 15) is 0 Å². The van der Waals surface area contributed by atoms with E-state index in [2.05, 4.69) is 35.3 Å². The number of nitrogens with one attached hydrogen (secondary N) is 1. The third-order valence-corrected chi connectivity index (χ3v) is 4.04. The largest absolute Gasteiger partial charge is 0.490 e. The molecular weight excluding hydrogens is 238 g/mol. The summed E-state index contributed by atoms with van der Waals surface area (Å²) < 4.78 is 6.14. The van der Waals surface area contributed by atoms with E-state index in [1.165, 1.54) is 12.8 Å². The fourth-order valence-electron chi connectivity index (χ4n) is 2.88. The predicted octanol–water partition coefficient (Wildman–Crippen LogP) is 2.81. The van der Waals surface area contributed by atoms with E-state index in [1.54, 1.807) is 0 Å². The molecular formula is C15H21N3O. The van der Waals surface area contributed by atoms with Crippen molar-refractivity contribution in [2.45, 2.75) is 37.8 Å². The zero-order valence-corrected chi connectivity index (χ0v) is 11.6. The minimum atomic E-state index is 0.338. The van der Waals surface area contributed by atoms with Crippen molar-refractivity contribution in [1.82, 2.24) is 15.1 Å². The molecule has 2 aromatic rings. The van der Waals surface area contributed by atoms with Crippen molar-refractivity contribution >= 4 is 10.9 Å². The standard InChI is InChI=1S/C15H21N3O/c1-18(2)12-4-3-5-13(9-12)19-14-6-7-15-11(8-14)10-16-17-15/h6-8,10,12-13H,3-5,9H2,1-2H3,(H,16,17)/t12-,13-/m1/s1. The summed E-state index contributed by atoms with van der Waals surface area (Å²) in [6, 6.07) is 6.78. The van der Waals surface area contributed by atoms with Gasteiger partial charge in [0.1, 0.15) is 11.9 Å². The number of hydrogen-bond donors (Lipinski definition) is 1. The zero-order chi connectivity index (χ0) is 13.2. The molecule has 0 bridgehead atoms. The Kier molecular flexibility index (Phi) is 3.42. The first-order valence-electron chi connectivity index (χ1n) is 6.98. The molecule has 1 aromatic carbocycles. The molecule has 102 valence electrons. The Morgan fingerprint density at radius 3 is 3.05 bits per heavy atom. The van der Waals surface area contributed by atoms with E-state index in [4.69, 9.17) is 4.74 Å². The molecule has 0 aliphatic heterocycles. The van der Waals surface area contributed by atoms with Crippen LogP contribution in [0.4, 0.5) is 0 Å². The number of fused-ring (bicyclic) bond motifs is 1. The molecule has 1 fully saturated rings. The number of hydrogen-bond acceptors (Lipinski definition) is 3. The summed E-state index contributed by atoms with van der Waals surface area (Å²) in [5.74, 6) is 0.957. The second kappa shape index (κ2) is 5.21. The summed E-state index contributed by atoms with van der Waals surface area (Å²) in [6.45, 7) is 0. The summed E-state index contributed by atoms with van der Waals surface area (Å²) in [5.41, 5.74) is 1.06. The molecule has 0 radical (unpaired) electrons. The van der Waals surface area contributed by atoms with Crippen molar-refractivity contribution < 1.29 is 4.74 Å². The van der Waals surface area contributed by atoms with E-state index in [0.29, 0.717) is 12.1 Å². The lowest BCUT2D eigenvalue weighted by Crippen LogP contribution is -2.37. The molecule has 4 heteroatoms. The van der Waals surface area contributed by atoms with Crippen molar-refractivity contribution in [3.8, 4) is 5.75 Å². The number of aromatic nitrogens is 2. The Labute approximate surface area is 113 Å². The molecule has 4 nitrogen and oxygen atoms in total. The van der Waals surface area contributed by atoms with Gasteiger partial charge >= 0.3 is 0 Å². The highest BCUT2D eigenvalue weighted by Gasteiger charge is 2.24. The highest BCUT2D eigenvalue weighted by atomic mass is 16.5. The fourth-order valence-corrected chi connectivity index (χ4v) is 2.88. The molecule has 1 aliphatic carbocycles. The molecule has 2 atom stereocenters. The topological polar surface area (TPSA) is 41.1 Å². The Hall–Kier alpha value is -1.55. The highest BCUT2D eigenvalue weighted by Crippen LogP contribution is 2.27. The molecule has 0 amide bonds. The van der Waals surface area contributed by atoms with Crippen LogP contribution in [0.2, 0.25) is 0 Å². The van der Waals surface area contributed by atoms with Crippen molar-refractivity contribution in [2.75, 3.05) is 14.1 Å². The van der Waals surface area contributed by atoms with Gasteiger partial charge in [-0.15, -0.1) is 0 Å². The molecule has 19 heavy (non-hydrogen) atoms. The SMILES string of the molecule is CN(C)[C@@H]1CCC[C@@H](Oc2ccc3[nH]ncc3c2)C1. The van der Waals surface area contributed by atoms with Crippen molar-refractivity contribution in [3.63, 3.8) is 0 Å². The number of rotatable bonds is 3. The van der Waals surface area contributed by atoms with Gasteiger partial charge in [0.2, 0.25) is 0 Å². The van der Waals surface area contributed by atoms with Crippen LogP contribution in [-0.4, -0.2) is 41.3 Å². The number of H-pyrrole nitrogens is 1. The van der Waals surface area contributed by atoms with E-state index in [1.807, 2.05) is 18.3 Å². The fraction of sp³-hybridized carbons (Fsp3) is 0.533. The van der Waals surface area contributed by atoms with Crippen LogP contribution in [0.15, 0.2) is 24.4 Å². The van der Waals surface area contributed by atoms with Gasteiger partial charge in [0.25, 0.3) is 0 Å². The molecule has 3 rings (SSSR count). The molecule has 0 saturated heterocycles. The maximum atomic E-state index is 6.14. The average Bonchev–Trinajstić information content (AvgIpc) is 2.86. The van der Waals surface area contributed by atoms with Crippen LogP contribution in [-0.2, 0) is 0 Å². The third kappa shape index (κ3) is 2.73. The van der Waals surface area contributed by atoms with Crippen LogP contribution in [0, 0.1) is 0 Å². The lowest BCUT2D eigenvalue weighted by Gasteiger charge is -2.33. The van der Waals surface area contributed by atoms with Crippen LogP contribution in [0.25, 0.3) is 10.9 Å². The van der Waals surface area contributed by atoms with Crippen LogP contribution in [0.1, 0.15) is 25.7 Å². The Morgan fingerprint density at radius 1 is 1.32 bits per heavy atom. The first kappa shape index (κ1) is 12.5. The maximum absolute atomic E-state index is 6.14. The lowest BCUT2D eigenvalue weighted by atomic mass is 9.92. The zero-order valence-electron chi connectivity index (χ0n) is 11.6. The van der Waals surface area contributed by atoms with Crippen LogP contribution in [0.5, 0.6) is 5.75 Å². The highest BCUT2D eigenvalue weighted by molar-refractivity contribution is 5.79. The van der Waals surface area contributed by atoms with Gasteiger partial charge in [-0.05, 0) is 58.0 Å². The van der Waals surface area contributed by atoms with E-state index >= 15 is 0 Å². The number of ether oxygens (including phenoxy) is 1. The second-order valence-corrected chi connectivity index (χ2v) is 5.64. The Morgan fingerprint density at radius 2 is 2.21 bits per heavy atom. The smallest absolute Gasteiger partial charge is 0.120 e. The Balaban J connectivity index is 1.69. The minimum Gasteiger partial charge on any atom is -0.490 e. The predicted molar refractivity (Wildman–Crippen MR) is 76.5 cm³/mol. The summed E-state index contributed by atoms with van der Waals surface area (Å²) in [4.78, 5) is 2.31. The van der Waals surface area contributed by atoms with E-state index in [-0.39, 0.29) is 0 Å². The second-order valence-electron chi connectivity index (χ2n) is 5.64. The summed E-state index contributed by atoms with van der Waals surface area (Å²) in [6.07, 6.45) is 7.00. The normalized spacial score (nSPS) is 23.9. The molecule has 0 spiro atoms. The maximum Gasteiger partial charge on any atom is 0.120 e. The van der Waals surface area contributed by atoms with Gasteiger partial charge < -0.3 is 9.64 Å². The van der Waals surface area contributed by atoms with Crippen LogP contribution < -0.4 is 4.74 Å². The lowest BCUT2D eigenvalue weighted by molar-refractivity contribution is 0.100. The molecule has 1 N–H and O–H groups in total. The summed E-state index contributed by atoms with van der Waals surface area (Å²) >= 11 is 0. The van der Waals surface area contributed by atoms with Crippen molar-refractivity contribution in [3.05, 3.63) is 24.4 Å². The van der Waals surface area contributed by atoms with Gasteiger partial charge in [-0.25, -0.2) is 0 Å². The van der Waals surface area contributed by atoms with E-state index < -0.39 is 0 Å². The first-order valence-corrected chi connectivity index (χ1v) is 6.98. The van der Waals surface area contributed by atoms with Gasteiger partial charge in [0.05, 0.1) is 11.7 Å². The monoisotopic (exact) mass is 259 g/mol. The molecule has 1 saturated carbocycles. The van der Waals surface area contributed by atoms with E-state index in [0.717, 1.165) is 29.5 Å². The number of nitrogens with zero attached hydrogens (tertiary/aromatic N) is 2. The van der Waals surface area contributed by atoms with Crippen molar-refractivity contribution in [2.24, 2.45) is 0 Å². The molecule has 1 heterocycles. The van der Waals surface area contributed by atoms with Gasteiger partial charge in [-0.1, -0.05) is 0 Å². The molecule has 0 unspecified atom stereocenters. The van der Waals surface area contributed by atoms with Crippen LogP contribution >= 0.6 is 0 Å². The summed E-state index contributed by atoms with van der Waals surface area (Å²) in [7, 11) is 4.31. The first-order chi connectivity index (χ1) is 9.22. The van der Waals surface area contributed by atoms with Crippen LogP contribution in [0.3, 0.4) is 0 Å². The number of benzene rings is 1. The van der Waals surface area contributed by atoms with Crippen molar-refractivity contribution in [1.29, 1.82) is 0 Å². The number of aromatic amines is 1. The minimum absolute atomic E-state index is 0.338. The summed E-state index contributed by atoms with van der Waals surface area (Å²) in [5, 5.41) is 8.11. The van der Waals surface area contributed by atoms with Gasteiger partial charge in [-0.3, -0.25) is 5.10 Å². The van der Waals surface area contributed by atoms with Gasteiger partial charge in [0, 0.05) is 11.4 Å². The third-order valence-electron chi connectivity index (χ3n) is 4.04. The molecule has 1 aliphatic rings. The average molecular weight is 259 g/mol. The van der Waals surface area contributed by atoms with Gasteiger partial charge in [0.15, 0.2) is 0 Å². The quantitative estimate of drug-likeness (QED) is 0.921. The Bertz CT molecular complexity index is 549. The van der Waals surface area contributed by atoms with Gasteiger partial charge in [-0.2, -0.15) is 5.10 Å². The molecule has 1 aromatic heterocycles.